The van der Waals surface area contributed by atoms with Crippen LogP contribution in [0.5, 0.6) is 0 Å². The molecular weight excluding hydrogens is 322 g/mol. The minimum absolute atomic E-state index is 0.165. The van der Waals surface area contributed by atoms with E-state index < -0.39 is 0 Å². The molecule has 1 aromatic carbocycles. The number of rotatable bonds is 2. The van der Waals surface area contributed by atoms with Gasteiger partial charge in [-0.1, -0.05) is 33.6 Å². The van der Waals surface area contributed by atoms with Crippen LogP contribution in [0.4, 0.5) is 0 Å². The average Bonchev–Trinajstić information content (AvgIpc) is 2.53. The summed E-state index contributed by atoms with van der Waals surface area (Å²) in [4.78, 5) is 1.99. The fourth-order valence-electron chi connectivity index (χ4n) is 1.84. The molecule has 1 aromatic rings. The van der Waals surface area contributed by atoms with Crippen molar-refractivity contribution in [3.63, 3.8) is 0 Å². The smallest absolute Gasteiger partial charge is 0.0956 e. The topological polar surface area (TPSA) is 63.9 Å². The van der Waals surface area contributed by atoms with Gasteiger partial charge in [0.1, 0.15) is 0 Å². The lowest BCUT2D eigenvalue weighted by Gasteiger charge is -2.28. The molecular formula is C15H26BrNO3. The molecule has 1 aliphatic heterocycles. The zero-order valence-electron chi connectivity index (χ0n) is 12.3. The van der Waals surface area contributed by atoms with Crippen molar-refractivity contribution in [2.75, 3.05) is 33.5 Å². The Labute approximate surface area is 130 Å². The normalized spacial score (nSPS) is 15.7. The first kappa shape index (κ1) is 19.5. The third-order valence-electron chi connectivity index (χ3n) is 3.18. The largest absolute Gasteiger partial charge is 0.400 e. The fourth-order valence-corrected chi connectivity index (χ4v) is 2.11. The highest BCUT2D eigenvalue weighted by molar-refractivity contribution is 9.10. The van der Waals surface area contributed by atoms with E-state index >= 15 is 0 Å². The number of hydrogen-bond acceptors (Lipinski definition) is 4. The van der Waals surface area contributed by atoms with Crippen LogP contribution in [-0.2, 0) is 0 Å². The maximum atomic E-state index is 8.77. The van der Waals surface area contributed by atoms with Gasteiger partial charge >= 0.3 is 0 Å². The lowest BCUT2D eigenvalue weighted by molar-refractivity contribution is 0.0591. The van der Waals surface area contributed by atoms with Gasteiger partial charge in [0.05, 0.1) is 6.73 Å². The first-order chi connectivity index (χ1) is 9.65. The molecule has 0 aliphatic carbocycles. The highest BCUT2D eigenvalue weighted by atomic mass is 79.9. The Morgan fingerprint density at radius 1 is 1.10 bits per heavy atom. The molecule has 2 rings (SSSR count). The van der Waals surface area contributed by atoms with Crippen molar-refractivity contribution in [2.45, 2.75) is 19.8 Å². The lowest BCUT2D eigenvalue weighted by Crippen LogP contribution is -2.35. The maximum Gasteiger partial charge on any atom is 0.0956 e. The molecule has 0 bridgehead atoms. The first-order valence-electron chi connectivity index (χ1n) is 6.76. The van der Waals surface area contributed by atoms with Crippen LogP contribution < -0.4 is 0 Å². The summed E-state index contributed by atoms with van der Waals surface area (Å²) < 4.78 is 1.14. The molecule has 4 nitrogen and oxygen atoms in total. The molecule has 116 valence electrons. The number of aliphatic hydroxyl groups is 3. The van der Waals surface area contributed by atoms with Crippen molar-refractivity contribution in [2.24, 2.45) is 5.92 Å². The molecule has 20 heavy (non-hydrogen) atoms. The predicted molar refractivity (Wildman–Crippen MR) is 85.5 cm³/mol. The maximum absolute atomic E-state index is 8.77. The van der Waals surface area contributed by atoms with Crippen molar-refractivity contribution >= 4 is 15.9 Å². The Hall–Kier alpha value is -0.460. The van der Waals surface area contributed by atoms with Gasteiger partial charge in [-0.25, -0.2) is 0 Å². The summed E-state index contributed by atoms with van der Waals surface area (Å²) in [6.07, 6.45) is 2.05. The fraction of sp³-hybridized carbons (Fsp3) is 0.600. The van der Waals surface area contributed by atoms with E-state index in [-0.39, 0.29) is 6.73 Å². The summed E-state index contributed by atoms with van der Waals surface area (Å²) in [5.74, 6) is 0.475. The SMILES string of the molecule is CO.Cc1ccc(Br)cc1.OCC1CCN(CO)CC1. The second-order valence-electron chi connectivity index (χ2n) is 4.68. The third kappa shape index (κ3) is 8.66. The van der Waals surface area contributed by atoms with Crippen molar-refractivity contribution in [3.05, 3.63) is 34.3 Å². The van der Waals surface area contributed by atoms with E-state index in [9.17, 15) is 0 Å². The molecule has 3 N–H and O–H groups in total. The lowest BCUT2D eigenvalue weighted by atomic mass is 9.98. The molecule has 1 fully saturated rings. The zero-order chi connectivity index (χ0) is 15.4. The molecule has 1 aliphatic rings. The summed E-state index contributed by atoms with van der Waals surface area (Å²) in [5.41, 5.74) is 1.30. The second kappa shape index (κ2) is 12.3. The summed E-state index contributed by atoms with van der Waals surface area (Å²) >= 11 is 3.35. The van der Waals surface area contributed by atoms with E-state index in [1.54, 1.807) is 0 Å². The van der Waals surface area contributed by atoms with Gasteiger partial charge in [0.25, 0.3) is 0 Å². The molecule has 1 saturated heterocycles. The van der Waals surface area contributed by atoms with Crippen LogP contribution in [0.25, 0.3) is 0 Å². The van der Waals surface area contributed by atoms with Gasteiger partial charge < -0.3 is 15.3 Å². The molecule has 0 aromatic heterocycles. The predicted octanol–water partition coefficient (Wildman–Crippen LogP) is 2.01. The Morgan fingerprint density at radius 2 is 1.60 bits per heavy atom. The summed E-state index contributed by atoms with van der Waals surface area (Å²) in [6, 6.07) is 8.22. The summed E-state index contributed by atoms with van der Waals surface area (Å²) in [7, 11) is 1.00. The number of piperidine rings is 1. The zero-order valence-corrected chi connectivity index (χ0v) is 13.9. The molecule has 0 spiro atoms. The Kier molecular flexibility index (Phi) is 12.0. The van der Waals surface area contributed by atoms with E-state index in [2.05, 4.69) is 35.0 Å². The van der Waals surface area contributed by atoms with E-state index in [1.807, 2.05) is 17.0 Å². The molecule has 5 heteroatoms. The number of halogens is 1. The van der Waals surface area contributed by atoms with Crippen LogP contribution in [0.15, 0.2) is 28.7 Å². The van der Waals surface area contributed by atoms with Crippen LogP contribution in [0.2, 0.25) is 0 Å². The Morgan fingerprint density at radius 3 is 1.95 bits per heavy atom. The first-order valence-corrected chi connectivity index (χ1v) is 7.56. The number of aryl methyl sites for hydroxylation is 1. The van der Waals surface area contributed by atoms with Gasteiger partial charge in [0.2, 0.25) is 0 Å². The molecule has 0 saturated carbocycles. The standard InChI is InChI=1S/C7H7Br.C7H15NO2.CH4O/c1-6-2-4-7(8)5-3-6;9-5-7-1-3-8(6-10)4-2-7;1-2/h2-5H,1H3;7,9-10H,1-6H2;2H,1H3. The van der Waals surface area contributed by atoms with E-state index in [0.29, 0.717) is 12.5 Å². The number of hydrogen-bond donors (Lipinski definition) is 3. The number of likely N-dealkylation sites (tertiary alicyclic amines) is 1. The minimum Gasteiger partial charge on any atom is -0.400 e. The number of aliphatic hydroxyl groups excluding tert-OH is 3. The molecule has 0 atom stereocenters. The van der Waals surface area contributed by atoms with Gasteiger partial charge in [0, 0.05) is 31.3 Å². The minimum atomic E-state index is 0.165. The van der Waals surface area contributed by atoms with Crippen LogP contribution in [0, 0.1) is 12.8 Å². The van der Waals surface area contributed by atoms with Crippen molar-refractivity contribution in [1.29, 1.82) is 0 Å². The van der Waals surface area contributed by atoms with Gasteiger partial charge in [0.15, 0.2) is 0 Å². The average molecular weight is 348 g/mol. The van der Waals surface area contributed by atoms with Gasteiger partial charge in [-0.05, 0) is 37.8 Å². The second-order valence-corrected chi connectivity index (χ2v) is 5.60. The third-order valence-corrected chi connectivity index (χ3v) is 3.70. The Bertz CT molecular complexity index is 291. The molecule has 0 amide bonds. The highest BCUT2D eigenvalue weighted by Crippen LogP contribution is 2.15. The van der Waals surface area contributed by atoms with Crippen LogP contribution in [0.1, 0.15) is 18.4 Å². The van der Waals surface area contributed by atoms with Crippen LogP contribution in [-0.4, -0.2) is 53.8 Å². The summed E-state index contributed by atoms with van der Waals surface area (Å²) in [5, 5.41) is 24.5. The molecule has 1 heterocycles. The van der Waals surface area contributed by atoms with E-state index in [1.165, 1.54) is 5.56 Å². The van der Waals surface area contributed by atoms with Gasteiger partial charge in [-0.15, -0.1) is 0 Å². The monoisotopic (exact) mass is 347 g/mol. The van der Waals surface area contributed by atoms with Crippen molar-refractivity contribution in [1.82, 2.24) is 4.90 Å². The van der Waals surface area contributed by atoms with Crippen LogP contribution >= 0.6 is 15.9 Å². The van der Waals surface area contributed by atoms with Crippen molar-refractivity contribution < 1.29 is 15.3 Å². The van der Waals surface area contributed by atoms with Gasteiger partial charge in [-0.3, -0.25) is 4.90 Å². The van der Waals surface area contributed by atoms with Crippen LogP contribution in [0.3, 0.4) is 0 Å². The molecule has 0 unspecified atom stereocenters. The highest BCUT2D eigenvalue weighted by Gasteiger charge is 2.16. The summed E-state index contributed by atoms with van der Waals surface area (Å²) in [6.45, 7) is 4.41. The van der Waals surface area contributed by atoms with Crippen molar-refractivity contribution in [3.8, 4) is 0 Å². The van der Waals surface area contributed by atoms with E-state index in [0.717, 1.165) is 37.5 Å². The Balaban J connectivity index is 0.000000327. The molecule has 0 radical (unpaired) electrons. The quantitative estimate of drug-likeness (QED) is 0.765. The number of benzene rings is 1. The van der Waals surface area contributed by atoms with Gasteiger partial charge in [-0.2, -0.15) is 0 Å². The number of nitrogens with zero attached hydrogens (tertiary/aromatic N) is 1. The van der Waals surface area contributed by atoms with E-state index in [4.69, 9.17) is 15.3 Å².